The maximum Gasteiger partial charge on any atom is 0.249 e. The lowest BCUT2D eigenvalue weighted by atomic mass is 10.0. The van der Waals surface area contributed by atoms with Crippen molar-refractivity contribution in [2.45, 2.75) is 25.8 Å². The van der Waals surface area contributed by atoms with Gasteiger partial charge in [-0.15, -0.1) is 0 Å². The molecule has 0 saturated carbocycles. The molecule has 0 radical (unpaired) electrons. The van der Waals surface area contributed by atoms with Crippen LogP contribution in [0.5, 0.6) is 5.75 Å². The molecule has 0 aromatic heterocycles. The predicted molar refractivity (Wildman–Crippen MR) is 110 cm³/mol. The molecular weight excluding hydrogens is 354 g/mol. The molecule has 1 heterocycles. The van der Waals surface area contributed by atoms with Crippen molar-refractivity contribution in [3.05, 3.63) is 65.7 Å². The van der Waals surface area contributed by atoms with Crippen LogP contribution in [0.3, 0.4) is 0 Å². The molecule has 1 aliphatic heterocycles. The largest absolute Gasteiger partial charge is 0.496 e. The molecule has 2 amide bonds. The van der Waals surface area contributed by atoms with Crippen molar-refractivity contribution in [1.29, 1.82) is 0 Å². The van der Waals surface area contributed by atoms with Gasteiger partial charge in [0, 0.05) is 30.6 Å². The van der Waals surface area contributed by atoms with Crippen molar-refractivity contribution in [2.24, 2.45) is 0 Å². The number of nitrogen functional groups attached to an aromatic ring is 1. The Morgan fingerprint density at radius 1 is 1.18 bits per heavy atom. The number of para-hydroxylation sites is 3. The number of nitrogens with two attached hydrogens (primary N) is 1. The summed E-state index contributed by atoms with van der Waals surface area (Å²) in [5.41, 5.74) is 8.61. The molecule has 0 saturated heterocycles. The van der Waals surface area contributed by atoms with Gasteiger partial charge in [-0.05, 0) is 31.0 Å². The van der Waals surface area contributed by atoms with Gasteiger partial charge in [0.2, 0.25) is 11.8 Å². The molecular formula is C22H25N3O3. The Labute approximate surface area is 165 Å². The van der Waals surface area contributed by atoms with Gasteiger partial charge in [-0.25, -0.2) is 0 Å². The highest BCUT2D eigenvalue weighted by Crippen LogP contribution is 2.24. The molecule has 0 atom stereocenters. The molecule has 0 fully saturated rings. The van der Waals surface area contributed by atoms with Gasteiger partial charge in [0.05, 0.1) is 18.5 Å². The van der Waals surface area contributed by atoms with Crippen molar-refractivity contribution < 1.29 is 14.3 Å². The van der Waals surface area contributed by atoms with Crippen molar-refractivity contribution in [3.8, 4) is 5.75 Å². The first-order valence-electron chi connectivity index (χ1n) is 9.33. The number of anilines is 2. The fourth-order valence-electron chi connectivity index (χ4n) is 3.26. The molecule has 0 bridgehead atoms. The van der Waals surface area contributed by atoms with Crippen LogP contribution in [0.15, 0.2) is 60.2 Å². The normalized spacial score (nSPS) is 13.8. The molecule has 146 valence electrons. The van der Waals surface area contributed by atoms with Gasteiger partial charge >= 0.3 is 0 Å². The number of nitrogens with zero attached hydrogens (tertiary/aromatic N) is 1. The van der Waals surface area contributed by atoms with E-state index in [9.17, 15) is 9.59 Å². The highest BCUT2D eigenvalue weighted by atomic mass is 16.5. The highest BCUT2D eigenvalue weighted by Gasteiger charge is 2.23. The molecule has 3 N–H and O–H groups in total. The van der Waals surface area contributed by atoms with E-state index in [-0.39, 0.29) is 18.2 Å². The lowest BCUT2D eigenvalue weighted by Crippen LogP contribution is -2.35. The van der Waals surface area contributed by atoms with E-state index >= 15 is 0 Å². The Morgan fingerprint density at radius 2 is 1.93 bits per heavy atom. The highest BCUT2D eigenvalue weighted by molar-refractivity contribution is 5.97. The van der Waals surface area contributed by atoms with Crippen LogP contribution in [-0.2, 0) is 16.1 Å². The standard InChI is InChI=1S/C22H25N3O3/c1-28-20-11-5-2-7-17(20)15-25-14-6-8-16(22(25)27)12-13-21(26)24-19-10-4-3-9-18(19)23/h2-5,7-11H,6,12-15,23H2,1H3,(H,24,26). The van der Waals surface area contributed by atoms with Crippen LogP contribution in [0.4, 0.5) is 11.4 Å². The number of rotatable bonds is 7. The quantitative estimate of drug-likeness (QED) is 0.723. The van der Waals surface area contributed by atoms with E-state index in [1.165, 1.54) is 0 Å². The van der Waals surface area contributed by atoms with Crippen LogP contribution in [0, 0.1) is 0 Å². The minimum atomic E-state index is -0.159. The van der Waals surface area contributed by atoms with Crippen molar-refractivity contribution in [3.63, 3.8) is 0 Å². The second kappa shape index (κ2) is 9.08. The summed E-state index contributed by atoms with van der Waals surface area (Å²) in [7, 11) is 1.63. The van der Waals surface area contributed by atoms with Crippen LogP contribution < -0.4 is 15.8 Å². The van der Waals surface area contributed by atoms with Gasteiger partial charge in [0.25, 0.3) is 0 Å². The summed E-state index contributed by atoms with van der Waals surface area (Å²) in [5, 5.41) is 2.80. The van der Waals surface area contributed by atoms with Crippen molar-refractivity contribution in [1.82, 2.24) is 4.90 Å². The number of amides is 2. The van der Waals surface area contributed by atoms with Gasteiger partial charge in [0.1, 0.15) is 5.75 Å². The van der Waals surface area contributed by atoms with Crippen LogP contribution in [0.25, 0.3) is 0 Å². The molecule has 3 rings (SSSR count). The Morgan fingerprint density at radius 3 is 2.71 bits per heavy atom. The zero-order valence-electron chi connectivity index (χ0n) is 16.0. The Bertz CT molecular complexity index is 892. The number of hydrogen-bond donors (Lipinski definition) is 2. The van der Waals surface area contributed by atoms with E-state index in [2.05, 4.69) is 5.32 Å². The third-order valence-electron chi connectivity index (χ3n) is 4.76. The number of carbonyl (C=O) groups excluding carboxylic acids is 2. The molecule has 1 aliphatic rings. The average molecular weight is 379 g/mol. The second-order valence-electron chi connectivity index (χ2n) is 6.69. The predicted octanol–water partition coefficient (Wildman–Crippen LogP) is 3.36. The molecule has 2 aromatic rings. The summed E-state index contributed by atoms with van der Waals surface area (Å²) >= 11 is 0. The van der Waals surface area contributed by atoms with Crippen LogP contribution in [0.1, 0.15) is 24.8 Å². The number of nitrogens with one attached hydrogen (secondary N) is 1. The number of methoxy groups -OCH3 is 1. The zero-order valence-corrected chi connectivity index (χ0v) is 16.0. The monoisotopic (exact) mass is 379 g/mol. The Kier molecular flexibility index (Phi) is 6.32. The summed E-state index contributed by atoms with van der Waals surface area (Å²) in [6.07, 6.45) is 3.35. The molecule has 2 aromatic carbocycles. The minimum Gasteiger partial charge on any atom is -0.496 e. The van der Waals surface area contributed by atoms with Crippen LogP contribution in [0.2, 0.25) is 0 Å². The zero-order chi connectivity index (χ0) is 19.9. The summed E-state index contributed by atoms with van der Waals surface area (Å²) in [4.78, 5) is 26.9. The third kappa shape index (κ3) is 4.71. The minimum absolute atomic E-state index is 0.0239. The fraction of sp³-hybridized carbons (Fsp3) is 0.273. The number of carbonyl (C=O) groups is 2. The van der Waals surface area contributed by atoms with Crippen LogP contribution >= 0.6 is 0 Å². The molecule has 28 heavy (non-hydrogen) atoms. The molecule has 6 heteroatoms. The van der Waals surface area contributed by atoms with E-state index < -0.39 is 0 Å². The first-order chi connectivity index (χ1) is 13.6. The van der Waals surface area contributed by atoms with Crippen molar-refractivity contribution in [2.75, 3.05) is 24.7 Å². The smallest absolute Gasteiger partial charge is 0.249 e. The number of benzene rings is 2. The van der Waals surface area contributed by atoms with E-state index in [4.69, 9.17) is 10.5 Å². The molecule has 0 aliphatic carbocycles. The van der Waals surface area contributed by atoms with Gasteiger partial charge in [-0.3, -0.25) is 9.59 Å². The number of hydrogen-bond acceptors (Lipinski definition) is 4. The van der Waals surface area contributed by atoms with Gasteiger partial charge in [0.15, 0.2) is 0 Å². The number of ether oxygens (including phenoxy) is 1. The first-order valence-corrected chi connectivity index (χ1v) is 9.33. The first kappa shape index (κ1) is 19.5. The summed E-state index contributed by atoms with van der Waals surface area (Å²) in [6.45, 7) is 1.15. The summed E-state index contributed by atoms with van der Waals surface area (Å²) in [5.74, 6) is 0.587. The summed E-state index contributed by atoms with van der Waals surface area (Å²) < 4.78 is 5.38. The van der Waals surface area contributed by atoms with Gasteiger partial charge in [-0.2, -0.15) is 0 Å². The summed E-state index contributed by atoms with van der Waals surface area (Å²) in [6, 6.07) is 14.8. The Hall–Kier alpha value is -3.28. The van der Waals surface area contributed by atoms with E-state index in [1.807, 2.05) is 42.5 Å². The SMILES string of the molecule is COc1ccccc1CN1CCC=C(CCC(=O)Nc2ccccc2N)C1=O. The lowest BCUT2D eigenvalue weighted by Gasteiger charge is -2.28. The van der Waals surface area contributed by atoms with Crippen molar-refractivity contribution >= 4 is 23.2 Å². The van der Waals surface area contributed by atoms with E-state index in [1.54, 1.807) is 24.1 Å². The molecule has 0 unspecified atom stereocenters. The maximum atomic E-state index is 12.8. The Balaban J connectivity index is 1.57. The molecule has 0 spiro atoms. The van der Waals surface area contributed by atoms with E-state index in [0.717, 1.165) is 17.7 Å². The topological polar surface area (TPSA) is 84.7 Å². The van der Waals surface area contributed by atoms with Crippen LogP contribution in [-0.4, -0.2) is 30.4 Å². The third-order valence-corrected chi connectivity index (χ3v) is 4.76. The fourth-order valence-corrected chi connectivity index (χ4v) is 3.26. The van der Waals surface area contributed by atoms with E-state index in [0.29, 0.717) is 36.5 Å². The lowest BCUT2D eigenvalue weighted by molar-refractivity contribution is -0.128. The molecule has 6 nitrogen and oxygen atoms in total. The maximum absolute atomic E-state index is 12.8. The van der Waals surface area contributed by atoms with Gasteiger partial charge in [-0.1, -0.05) is 36.4 Å². The second-order valence-corrected chi connectivity index (χ2v) is 6.69. The average Bonchev–Trinajstić information content (AvgIpc) is 2.71. The van der Waals surface area contributed by atoms with Gasteiger partial charge < -0.3 is 20.7 Å².